The van der Waals surface area contributed by atoms with E-state index in [1.807, 2.05) is 13.0 Å². The van der Waals surface area contributed by atoms with Crippen molar-refractivity contribution >= 4 is 44.2 Å². The number of nitrogens with zero attached hydrogens (tertiary/aromatic N) is 1. The molecule has 1 saturated heterocycles. The van der Waals surface area contributed by atoms with E-state index in [4.69, 9.17) is 16.0 Å². The van der Waals surface area contributed by atoms with Gasteiger partial charge in [-0.25, -0.2) is 8.42 Å². The quantitative estimate of drug-likeness (QED) is 0.602. The van der Waals surface area contributed by atoms with Crippen molar-refractivity contribution in [3.05, 3.63) is 58.3 Å². The lowest BCUT2D eigenvalue weighted by Crippen LogP contribution is -2.35. The molecule has 0 saturated carbocycles. The van der Waals surface area contributed by atoms with Gasteiger partial charge in [-0.1, -0.05) is 24.1 Å². The Morgan fingerprint density at radius 3 is 2.53 bits per heavy atom. The topological polar surface area (TPSA) is 79.6 Å². The summed E-state index contributed by atoms with van der Waals surface area (Å²) >= 11 is 6.03. The van der Waals surface area contributed by atoms with E-state index in [-0.39, 0.29) is 10.7 Å². The van der Waals surface area contributed by atoms with E-state index in [1.165, 1.54) is 10.4 Å². The number of halogens is 1. The van der Waals surface area contributed by atoms with Crippen molar-refractivity contribution in [2.45, 2.75) is 38.0 Å². The van der Waals surface area contributed by atoms with Crippen LogP contribution in [0.2, 0.25) is 5.02 Å². The fourth-order valence-corrected chi connectivity index (χ4v) is 5.46. The smallest absolute Gasteiger partial charge is 0.291 e. The Kier molecular flexibility index (Phi) is 5.61. The SMILES string of the molecule is Cc1ccc(Cl)cc1NC(=O)c1oc2ccc(S(=O)(=O)N3CCCCC3)cc2c1C. The fourth-order valence-electron chi connectivity index (χ4n) is 3.74. The van der Waals surface area contributed by atoms with E-state index in [0.29, 0.717) is 40.3 Å². The van der Waals surface area contributed by atoms with Crippen LogP contribution >= 0.6 is 11.6 Å². The minimum Gasteiger partial charge on any atom is -0.451 e. The molecule has 0 unspecified atom stereocenters. The number of hydrogen-bond acceptors (Lipinski definition) is 4. The third-order valence-electron chi connectivity index (χ3n) is 5.51. The molecule has 1 amide bonds. The van der Waals surface area contributed by atoms with Crippen LogP contribution in [0.3, 0.4) is 0 Å². The zero-order valence-corrected chi connectivity index (χ0v) is 18.4. The van der Waals surface area contributed by atoms with Gasteiger partial charge in [0, 0.05) is 34.7 Å². The third kappa shape index (κ3) is 3.85. The van der Waals surface area contributed by atoms with Crippen molar-refractivity contribution in [3.63, 3.8) is 0 Å². The summed E-state index contributed by atoms with van der Waals surface area (Å²) in [4.78, 5) is 13.0. The molecule has 4 rings (SSSR count). The Morgan fingerprint density at radius 1 is 1.07 bits per heavy atom. The molecule has 8 heteroatoms. The maximum atomic E-state index is 13.0. The Labute approximate surface area is 180 Å². The highest BCUT2D eigenvalue weighted by Gasteiger charge is 2.27. The van der Waals surface area contributed by atoms with Gasteiger partial charge < -0.3 is 9.73 Å². The van der Waals surface area contributed by atoms with Gasteiger partial charge in [-0.05, 0) is 62.6 Å². The van der Waals surface area contributed by atoms with Gasteiger partial charge in [-0.2, -0.15) is 4.31 Å². The number of piperidine rings is 1. The highest BCUT2D eigenvalue weighted by atomic mass is 35.5. The molecular weight excluding hydrogens is 424 g/mol. The van der Waals surface area contributed by atoms with Crippen LogP contribution in [0, 0.1) is 13.8 Å². The molecule has 0 aliphatic carbocycles. The minimum absolute atomic E-state index is 0.150. The number of nitrogens with one attached hydrogen (secondary N) is 1. The van der Waals surface area contributed by atoms with Crippen molar-refractivity contribution in [3.8, 4) is 0 Å². The monoisotopic (exact) mass is 446 g/mol. The Balaban J connectivity index is 1.67. The van der Waals surface area contributed by atoms with E-state index < -0.39 is 15.9 Å². The largest absolute Gasteiger partial charge is 0.451 e. The summed E-state index contributed by atoms with van der Waals surface area (Å²) in [5, 5.41) is 3.95. The average molecular weight is 447 g/mol. The molecule has 0 bridgehead atoms. The second-order valence-corrected chi connectivity index (χ2v) is 9.97. The van der Waals surface area contributed by atoms with E-state index >= 15 is 0 Å². The highest BCUT2D eigenvalue weighted by Crippen LogP contribution is 2.30. The van der Waals surface area contributed by atoms with Crippen LogP contribution < -0.4 is 5.32 Å². The molecule has 6 nitrogen and oxygen atoms in total. The number of carbonyl (C=O) groups is 1. The normalized spacial score (nSPS) is 15.4. The fraction of sp³-hybridized carbons (Fsp3) is 0.318. The van der Waals surface area contributed by atoms with E-state index in [0.717, 1.165) is 24.8 Å². The van der Waals surface area contributed by atoms with Gasteiger partial charge in [0.05, 0.1) is 4.90 Å². The van der Waals surface area contributed by atoms with E-state index in [2.05, 4.69) is 5.32 Å². The average Bonchev–Trinajstić information content (AvgIpc) is 3.07. The second kappa shape index (κ2) is 8.06. The maximum absolute atomic E-state index is 13.0. The van der Waals surface area contributed by atoms with Crippen molar-refractivity contribution in [2.75, 3.05) is 18.4 Å². The Morgan fingerprint density at radius 2 is 1.80 bits per heavy atom. The number of sulfonamides is 1. The van der Waals surface area contributed by atoms with Crippen LogP contribution in [-0.2, 0) is 10.0 Å². The number of carbonyl (C=O) groups excluding carboxylic acids is 1. The van der Waals surface area contributed by atoms with Crippen LogP contribution in [-0.4, -0.2) is 31.7 Å². The number of benzene rings is 2. The van der Waals surface area contributed by atoms with Crippen molar-refractivity contribution in [2.24, 2.45) is 0 Å². The number of fused-ring (bicyclic) bond motifs is 1. The Bertz CT molecular complexity index is 1230. The van der Waals surface area contributed by atoms with Crippen molar-refractivity contribution in [1.29, 1.82) is 0 Å². The molecule has 1 fully saturated rings. The lowest BCUT2D eigenvalue weighted by molar-refractivity contribution is 0.0998. The Hall–Kier alpha value is -2.35. The van der Waals surface area contributed by atoms with Crippen LogP contribution in [0.5, 0.6) is 0 Å². The predicted molar refractivity (Wildman–Crippen MR) is 118 cm³/mol. The third-order valence-corrected chi connectivity index (χ3v) is 7.64. The zero-order chi connectivity index (χ0) is 21.5. The van der Waals surface area contributed by atoms with Gasteiger partial charge in [0.15, 0.2) is 5.76 Å². The first kappa shape index (κ1) is 20.9. The van der Waals surface area contributed by atoms with Crippen LogP contribution in [0.4, 0.5) is 5.69 Å². The lowest BCUT2D eigenvalue weighted by atomic mass is 10.1. The minimum atomic E-state index is -3.56. The summed E-state index contributed by atoms with van der Waals surface area (Å²) < 4.78 is 33.3. The van der Waals surface area contributed by atoms with Crippen LogP contribution in [0.15, 0.2) is 45.7 Å². The van der Waals surface area contributed by atoms with Gasteiger partial charge in [0.25, 0.3) is 5.91 Å². The molecule has 1 aliphatic heterocycles. The lowest BCUT2D eigenvalue weighted by Gasteiger charge is -2.25. The van der Waals surface area contributed by atoms with Crippen LogP contribution in [0.1, 0.15) is 40.9 Å². The van der Waals surface area contributed by atoms with Crippen LogP contribution in [0.25, 0.3) is 11.0 Å². The van der Waals surface area contributed by atoms with Crippen molar-refractivity contribution < 1.29 is 17.6 Å². The number of hydrogen-bond donors (Lipinski definition) is 1. The number of furan rings is 1. The molecule has 2 heterocycles. The standard InChI is InChI=1S/C22H23ClN2O4S/c1-14-6-7-16(23)12-19(14)24-22(26)21-15(2)18-13-17(8-9-20(18)29-21)30(27,28)25-10-4-3-5-11-25/h6-9,12-13H,3-5,10-11H2,1-2H3,(H,24,26). The summed E-state index contributed by atoms with van der Waals surface area (Å²) in [6, 6.07) is 10.00. The molecular formula is C22H23ClN2O4S. The molecule has 2 aromatic carbocycles. The summed E-state index contributed by atoms with van der Waals surface area (Å²) in [5.74, 6) is -0.258. The summed E-state index contributed by atoms with van der Waals surface area (Å²) in [6.07, 6.45) is 2.80. The maximum Gasteiger partial charge on any atom is 0.291 e. The molecule has 30 heavy (non-hydrogen) atoms. The highest BCUT2D eigenvalue weighted by molar-refractivity contribution is 7.89. The van der Waals surface area contributed by atoms with Gasteiger partial charge in [0.1, 0.15) is 5.58 Å². The number of rotatable bonds is 4. The predicted octanol–water partition coefficient (Wildman–Crippen LogP) is 5.13. The molecule has 158 valence electrons. The second-order valence-electron chi connectivity index (χ2n) is 7.59. The number of anilines is 1. The molecule has 0 spiro atoms. The van der Waals surface area contributed by atoms with Crippen molar-refractivity contribution in [1.82, 2.24) is 4.31 Å². The van der Waals surface area contributed by atoms with E-state index in [9.17, 15) is 13.2 Å². The summed E-state index contributed by atoms with van der Waals surface area (Å²) in [6.45, 7) is 4.70. The first-order valence-electron chi connectivity index (χ1n) is 9.88. The molecule has 3 aromatic rings. The molecule has 1 N–H and O–H groups in total. The molecule has 1 aromatic heterocycles. The van der Waals surface area contributed by atoms with E-state index in [1.54, 1.807) is 31.2 Å². The number of amides is 1. The number of aryl methyl sites for hydroxylation is 2. The first-order valence-corrected chi connectivity index (χ1v) is 11.7. The van der Waals surface area contributed by atoms with Gasteiger partial charge >= 0.3 is 0 Å². The van der Waals surface area contributed by atoms with Gasteiger partial charge in [-0.15, -0.1) is 0 Å². The summed E-state index contributed by atoms with van der Waals surface area (Å²) in [7, 11) is -3.56. The first-order chi connectivity index (χ1) is 14.3. The molecule has 1 aliphatic rings. The zero-order valence-electron chi connectivity index (χ0n) is 16.9. The summed E-state index contributed by atoms with van der Waals surface area (Å²) in [5.41, 5.74) is 2.54. The molecule has 0 radical (unpaired) electrons. The van der Waals surface area contributed by atoms with Gasteiger partial charge in [0.2, 0.25) is 10.0 Å². The van der Waals surface area contributed by atoms with Gasteiger partial charge in [-0.3, -0.25) is 4.79 Å². The molecule has 0 atom stereocenters.